The average Bonchev–Trinajstić information content (AvgIpc) is 1.86. The van der Waals surface area contributed by atoms with Gasteiger partial charge in [-0.1, -0.05) is 3.89 Å². The van der Waals surface area contributed by atoms with Crippen molar-refractivity contribution in [2.24, 2.45) is 5.73 Å². The molecule has 0 bridgehead atoms. The van der Waals surface area contributed by atoms with E-state index in [0.717, 1.165) is 4.31 Å². The van der Waals surface area contributed by atoms with Gasteiger partial charge in [0.2, 0.25) is 0 Å². The van der Waals surface area contributed by atoms with Crippen LogP contribution in [0.4, 0.5) is 3.89 Å². The second kappa shape index (κ2) is 3.04. The van der Waals surface area contributed by atoms with Gasteiger partial charge in [0.15, 0.2) is 0 Å². The van der Waals surface area contributed by atoms with Crippen LogP contribution in [-0.2, 0) is 10.4 Å². The van der Waals surface area contributed by atoms with Gasteiger partial charge in [-0.25, -0.2) is 0 Å². The molecular formula is C5H11FN2O2S. The maximum Gasteiger partial charge on any atom is 0.374 e. The van der Waals surface area contributed by atoms with E-state index in [-0.39, 0.29) is 19.1 Å². The monoisotopic (exact) mass is 182 g/mol. The van der Waals surface area contributed by atoms with Gasteiger partial charge in [0.05, 0.1) is 0 Å². The maximum absolute atomic E-state index is 12.3. The van der Waals surface area contributed by atoms with Crippen LogP contribution in [0.3, 0.4) is 0 Å². The molecule has 1 saturated heterocycles. The van der Waals surface area contributed by atoms with E-state index in [1.807, 2.05) is 0 Å². The van der Waals surface area contributed by atoms with Crippen molar-refractivity contribution < 1.29 is 12.3 Å². The molecule has 0 saturated carbocycles. The van der Waals surface area contributed by atoms with E-state index < -0.39 is 10.4 Å². The molecule has 6 heteroatoms. The summed E-state index contributed by atoms with van der Waals surface area (Å²) in [5.41, 5.74) is 5.50. The van der Waals surface area contributed by atoms with Crippen LogP contribution in [0.5, 0.6) is 0 Å². The van der Waals surface area contributed by atoms with Crippen LogP contribution in [-0.4, -0.2) is 31.9 Å². The Hall–Kier alpha value is -0.200. The highest BCUT2D eigenvalue weighted by atomic mass is 32.3. The van der Waals surface area contributed by atoms with E-state index in [4.69, 9.17) is 5.73 Å². The lowest BCUT2D eigenvalue weighted by Crippen LogP contribution is -2.41. The number of hydrogen-bond acceptors (Lipinski definition) is 3. The second-order valence-electron chi connectivity index (χ2n) is 2.68. The Bertz CT molecular complexity index is 221. The van der Waals surface area contributed by atoms with Crippen LogP contribution in [0.15, 0.2) is 0 Å². The summed E-state index contributed by atoms with van der Waals surface area (Å²) < 4.78 is 33.7. The summed E-state index contributed by atoms with van der Waals surface area (Å²) in [6.45, 7) is 0.417. The molecule has 0 aromatic carbocycles. The molecule has 1 aliphatic heterocycles. The largest absolute Gasteiger partial charge is 0.374 e. The van der Waals surface area contributed by atoms with Crippen molar-refractivity contribution >= 4 is 10.4 Å². The van der Waals surface area contributed by atoms with E-state index in [9.17, 15) is 12.3 Å². The molecule has 0 radical (unpaired) electrons. The van der Waals surface area contributed by atoms with Gasteiger partial charge in [0, 0.05) is 19.1 Å². The van der Waals surface area contributed by atoms with Crippen LogP contribution in [0.2, 0.25) is 0 Å². The zero-order valence-electron chi connectivity index (χ0n) is 6.03. The topological polar surface area (TPSA) is 63.4 Å². The Morgan fingerprint density at radius 3 is 2.18 bits per heavy atom. The molecule has 1 heterocycles. The molecule has 1 rings (SSSR count). The minimum atomic E-state index is -4.47. The zero-order chi connectivity index (χ0) is 8.48. The Morgan fingerprint density at radius 1 is 1.36 bits per heavy atom. The third kappa shape index (κ3) is 2.39. The molecule has 4 nitrogen and oxygen atoms in total. The summed E-state index contributed by atoms with van der Waals surface area (Å²) >= 11 is 0. The highest BCUT2D eigenvalue weighted by molar-refractivity contribution is 7.83. The molecule has 2 N–H and O–H groups in total. The summed E-state index contributed by atoms with van der Waals surface area (Å²) in [5.74, 6) is 0. The molecule has 0 aliphatic carbocycles. The molecule has 1 fully saturated rings. The van der Waals surface area contributed by atoms with Gasteiger partial charge < -0.3 is 5.73 Å². The van der Waals surface area contributed by atoms with Crippen LogP contribution in [0.1, 0.15) is 12.8 Å². The predicted molar refractivity (Wildman–Crippen MR) is 38.8 cm³/mol. The van der Waals surface area contributed by atoms with Gasteiger partial charge in [-0.3, -0.25) is 0 Å². The Morgan fingerprint density at radius 2 is 1.82 bits per heavy atom. The lowest BCUT2D eigenvalue weighted by atomic mass is 10.1. The molecule has 0 amide bonds. The molecule has 66 valence electrons. The van der Waals surface area contributed by atoms with Crippen molar-refractivity contribution in [3.05, 3.63) is 0 Å². The highest BCUT2D eigenvalue weighted by Gasteiger charge is 2.25. The third-order valence-corrected chi connectivity index (χ3v) is 2.79. The lowest BCUT2D eigenvalue weighted by molar-refractivity contribution is 0.306. The third-order valence-electron chi connectivity index (χ3n) is 1.81. The van der Waals surface area contributed by atoms with Gasteiger partial charge in [-0.2, -0.15) is 12.7 Å². The average molecular weight is 182 g/mol. The number of piperidine rings is 1. The number of hydrogen-bond donors (Lipinski definition) is 1. The minimum Gasteiger partial charge on any atom is -0.328 e. The molecular weight excluding hydrogens is 171 g/mol. The number of halogens is 1. The van der Waals surface area contributed by atoms with Crippen LogP contribution in [0, 0.1) is 0 Å². The Kier molecular flexibility index (Phi) is 2.46. The summed E-state index contributed by atoms with van der Waals surface area (Å²) in [4.78, 5) is 0. The van der Waals surface area contributed by atoms with E-state index in [0.29, 0.717) is 12.8 Å². The first-order chi connectivity index (χ1) is 5.00. The molecule has 0 aromatic rings. The van der Waals surface area contributed by atoms with Crippen molar-refractivity contribution in [3.63, 3.8) is 0 Å². The molecule has 0 spiro atoms. The first-order valence-corrected chi connectivity index (χ1v) is 4.79. The fraction of sp³-hybridized carbons (Fsp3) is 1.00. The van der Waals surface area contributed by atoms with Gasteiger partial charge >= 0.3 is 10.4 Å². The van der Waals surface area contributed by atoms with Crippen LogP contribution in [0.25, 0.3) is 0 Å². The smallest absolute Gasteiger partial charge is 0.328 e. The number of rotatable bonds is 1. The standard InChI is InChI=1S/C5H11FN2O2S/c6-11(9,10)8-3-1-5(7)2-4-8/h5H,1-4,7H2. The maximum atomic E-state index is 12.3. The van der Waals surface area contributed by atoms with E-state index >= 15 is 0 Å². The summed E-state index contributed by atoms with van der Waals surface area (Å²) in [5, 5.41) is 0. The van der Waals surface area contributed by atoms with E-state index in [1.54, 1.807) is 0 Å². The summed E-state index contributed by atoms with van der Waals surface area (Å²) in [6.07, 6.45) is 1.09. The Balaban J connectivity index is 2.53. The quantitative estimate of drug-likeness (QED) is 0.562. The fourth-order valence-corrected chi connectivity index (χ4v) is 1.74. The first kappa shape index (κ1) is 8.89. The highest BCUT2D eigenvalue weighted by Crippen LogP contribution is 2.12. The lowest BCUT2D eigenvalue weighted by Gasteiger charge is -2.25. The normalized spacial score (nSPS) is 23.8. The van der Waals surface area contributed by atoms with Gasteiger partial charge in [0.25, 0.3) is 0 Å². The number of nitrogens with zero attached hydrogens (tertiary/aromatic N) is 1. The molecule has 0 aromatic heterocycles. The van der Waals surface area contributed by atoms with Crippen LogP contribution >= 0.6 is 0 Å². The SMILES string of the molecule is NC1CCN(S(=O)(=O)F)CC1. The number of nitrogens with two attached hydrogens (primary N) is 1. The van der Waals surface area contributed by atoms with Gasteiger partial charge in [0.1, 0.15) is 0 Å². The van der Waals surface area contributed by atoms with Crippen molar-refractivity contribution in [3.8, 4) is 0 Å². The molecule has 0 atom stereocenters. The van der Waals surface area contributed by atoms with Crippen molar-refractivity contribution in [2.45, 2.75) is 18.9 Å². The van der Waals surface area contributed by atoms with Crippen molar-refractivity contribution in [2.75, 3.05) is 13.1 Å². The molecule has 11 heavy (non-hydrogen) atoms. The predicted octanol–water partition coefficient (Wildman–Crippen LogP) is -0.376. The second-order valence-corrected chi connectivity index (χ2v) is 4.02. The molecule has 0 unspecified atom stereocenters. The minimum absolute atomic E-state index is 0.0213. The van der Waals surface area contributed by atoms with Gasteiger partial charge in [-0.15, -0.1) is 0 Å². The van der Waals surface area contributed by atoms with Crippen LogP contribution < -0.4 is 5.73 Å². The zero-order valence-corrected chi connectivity index (χ0v) is 6.85. The Labute approximate surface area is 65.5 Å². The fourth-order valence-electron chi connectivity index (χ4n) is 1.09. The van der Waals surface area contributed by atoms with E-state index in [1.165, 1.54) is 0 Å². The van der Waals surface area contributed by atoms with Crippen molar-refractivity contribution in [1.29, 1.82) is 0 Å². The van der Waals surface area contributed by atoms with Crippen molar-refractivity contribution in [1.82, 2.24) is 4.31 Å². The van der Waals surface area contributed by atoms with Gasteiger partial charge in [-0.05, 0) is 12.8 Å². The summed E-state index contributed by atoms with van der Waals surface area (Å²) in [7, 11) is -4.47. The van der Waals surface area contributed by atoms with E-state index in [2.05, 4.69) is 0 Å². The molecule has 1 aliphatic rings. The summed E-state index contributed by atoms with van der Waals surface area (Å²) in [6, 6.07) is 0.0213. The first-order valence-electron chi connectivity index (χ1n) is 3.45.